The van der Waals surface area contributed by atoms with Crippen LogP contribution in [0.1, 0.15) is 5.69 Å². The van der Waals surface area contributed by atoms with E-state index >= 15 is 0 Å². The first kappa shape index (κ1) is 12.9. The van der Waals surface area contributed by atoms with Gasteiger partial charge < -0.3 is 0 Å². The smallest absolute Gasteiger partial charge is 0.123 e. The Morgan fingerprint density at radius 2 is 1.65 bits per heavy atom. The quantitative estimate of drug-likeness (QED) is 0.671. The number of imidazole rings is 1. The van der Waals surface area contributed by atoms with E-state index in [1.54, 1.807) is 18.5 Å². The van der Waals surface area contributed by atoms with Crippen LogP contribution in [0.3, 0.4) is 0 Å². The molecule has 0 saturated heterocycles. The summed E-state index contributed by atoms with van der Waals surface area (Å²) in [5.74, 6) is -0.246. The van der Waals surface area contributed by atoms with Crippen molar-refractivity contribution in [3.63, 3.8) is 0 Å². The first-order chi connectivity index (χ1) is 9.65. The van der Waals surface area contributed by atoms with E-state index in [0.717, 1.165) is 22.6 Å². The Morgan fingerprint density at radius 1 is 1.00 bits per heavy atom. The molecule has 20 heavy (non-hydrogen) atoms. The number of aryl methyl sites for hydroxylation is 1. The molecular weight excluding hydrogens is 275 g/mol. The van der Waals surface area contributed by atoms with Crippen molar-refractivity contribution < 1.29 is 4.39 Å². The minimum atomic E-state index is -0.246. The normalized spacial score (nSPS) is 10.8. The van der Waals surface area contributed by atoms with Crippen LogP contribution < -0.4 is 0 Å². The number of rotatable bonds is 2. The number of benzene rings is 2. The third kappa shape index (κ3) is 2.32. The van der Waals surface area contributed by atoms with Crippen molar-refractivity contribution in [1.29, 1.82) is 0 Å². The molecule has 2 nitrogen and oxygen atoms in total. The molecular formula is C16H12ClFN2. The molecule has 0 saturated carbocycles. The number of nitrogens with zero attached hydrogens (tertiary/aromatic N) is 2. The van der Waals surface area contributed by atoms with Crippen molar-refractivity contribution in [1.82, 2.24) is 9.55 Å². The monoisotopic (exact) mass is 286 g/mol. The molecule has 0 aliphatic rings. The zero-order valence-corrected chi connectivity index (χ0v) is 11.6. The highest BCUT2D eigenvalue weighted by molar-refractivity contribution is 6.30. The SMILES string of the molecule is Cc1ncn(-c2ccc(Cl)cc2)c1-c1ccc(F)cc1. The zero-order valence-electron chi connectivity index (χ0n) is 10.8. The van der Waals surface area contributed by atoms with Gasteiger partial charge >= 0.3 is 0 Å². The minimum Gasteiger partial charge on any atom is -0.299 e. The lowest BCUT2D eigenvalue weighted by Crippen LogP contribution is -1.96. The maximum absolute atomic E-state index is 13.1. The highest BCUT2D eigenvalue weighted by Gasteiger charge is 2.11. The van der Waals surface area contributed by atoms with Gasteiger partial charge in [-0.15, -0.1) is 0 Å². The van der Waals surface area contributed by atoms with Gasteiger partial charge in [-0.2, -0.15) is 0 Å². The predicted molar refractivity (Wildman–Crippen MR) is 78.7 cm³/mol. The molecule has 0 fully saturated rings. The fourth-order valence-corrected chi connectivity index (χ4v) is 2.32. The largest absolute Gasteiger partial charge is 0.299 e. The summed E-state index contributed by atoms with van der Waals surface area (Å²) in [6.07, 6.45) is 1.76. The summed E-state index contributed by atoms with van der Waals surface area (Å²) in [5.41, 5.74) is 3.74. The lowest BCUT2D eigenvalue weighted by atomic mass is 10.1. The fraction of sp³-hybridized carbons (Fsp3) is 0.0625. The predicted octanol–water partition coefficient (Wildman–Crippen LogP) is 4.64. The Morgan fingerprint density at radius 3 is 2.30 bits per heavy atom. The van der Waals surface area contributed by atoms with Crippen LogP contribution in [0.5, 0.6) is 0 Å². The van der Waals surface area contributed by atoms with Gasteiger partial charge in [0.2, 0.25) is 0 Å². The van der Waals surface area contributed by atoms with Gasteiger partial charge in [0.15, 0.2) is 0 Å². The highest BCUT2D eigenvalue weighted by atomic mass is 35.5. The summed E-state index contributed by atoms with van der Waals surface area (Å²) >= 11 is 5.91. The molecule has 3 aromatic rings. The van der Waals surface area contributed by atoms with Crippen LogP contribution in [-0.4, -0.2) is 9.55 Å². The van der Waals surface area contributed by atoms with Crippen LogP contribution in [-0.2, 0) is 0 Å². The first-order valence-corrected chi connectivity index (χ1v) is 6.59. The molecule has 0 aliphatic carbocycles. The number of hydrogen-bond acceptors (Lipinski definition) is 1. The van der Waals surface area contributed by atoms with Gasteiger partial charge in [0.25, 0.3) is 0 Å². The van der Waals surface area contributed by atoms with Crippen LogP contribution in [0.15, 0.2) is 54.9 Å². The maximum atomic E-state index is 13.1. The Balaban J connectivity index is 2.14. The van der Waals surface area contributed by atoms with E-state index in [9.17, 15) is 4.39 Å². The van der Waals surface area contributed by atoms with Gasteiger partial charge in [0, 0.05) is 16.3 Å². The molecule has 4 heteroatoms. The third-order valence-corrected chi connectivity index (χ3v) is 3.42. The summed E-state index contributed by atoms with van der Waals surface area (Å²) in [6, 6.07) is 13.9. The molecule has 0 N–H and O–H groups in total. The van der Waals surface area contributed by atoms with Crippen molar-refractivity contribution in [2.75, 3.05) is 0 Å². The summed E-state index contributed by atoms with van der Waals surface area (Å²) in [5, 5.41) is 0.689. The Kier molecular flexibility index (Phi) is 3.28. The van der Waals surface area contributed by atoms with Gasteiger partial charge in [-0.1, -0.05) is 11.6 Å². The summed E-state index contributed by atoms with van der Waals surface area (Å²) < 4.78 is 15.0. The average Bonchev–Trinajstić information content (AvgIpc) is 2.83. The lowest BCUT2D eigenvalue weighted by molar-refractivity contribution is 0.628. The van der Waals surface area contributed by atoms with Crippen LogP contribution in [0.4, 0.5) is 4.39 Å². The van der Waals surface area contributed by atoms with E-state index in [-0.39, 0.29) is 5.82 Å². The van der Waals surface area contributed by atoms with E-state index in [2.05, 4.69) is 4.98 Å². The molecule has 0 bridgehead atoms. The maximum Gasteiger partial charge on any atom is 0.123 e. The minimum absolute atomic E-state index is 0.246. The molecule has 3 rings (SSSR count). The molecule has 0 spiro atoms. The van der Waals surface area contributed by atoms with Gasteiger partial charge in [-0.25, -0.2) is 9.37 Å². The molecule has 0 aliphatic heterocycles. The van der Waals surface area contributed by atoms with E-state index in [0.29, 0.717) is 5.02 Å². The van der Waals surface area contributed by atoms with Crippen molar-refractivity contribution >= 4 is 11.6 Å². The summed E-state index contributed by atoms with van der Waals surface area (Å²) in [7, 11) is 0. The second-order valence-electron chi connectivity index (χ2n) is 4.53. The molecule has 0 unspecified atom stereocenters. The Bertz CT molecular complexity index is 730. The molecule has 2 aromatic carbocycles. The van der Waals surface area contributed by atoms with E-state index in [1.807, 2.05) is 35.8 Å². The van der Waals surface area contributed by atoms with Crippen molar-refractivity contribution in [2.45, 2.75) is 6.92 Å². The van der Waals surface area contributed by atoms with Crippen LogP contribution in [0.25, 0.3) is 16.9 Å². The van der Waals surface area contributed by atoms with Gasteiger partial charge in [-0.3, -0.25) is 4.57 Å². The lowest BCUT2D eigenvalue weighted by Gasteiger charge is -2.09. The standard InChI is InChI=1S/C16H12ClFN2/c1-11-16(12-2-6-14(18)7-3-12)20(10-19-11)15-8-4-13(17)5-9-15/h2-10H,1H3. The van der Waals surface area contributed by atoms with E-state index in [1.165, 1.54) is 12.1 Å². The van der Waals surface area contributed by atoms with Crippen molar-refractivity contribution in [3.05, 3.63) is 71.4 Å². The van der Waals surface area contributed by atoms with Crippen molar-refractivity contribution in [3.8, 4) is 16.9 Å². The molecule has 0 radical (unpaired) electrons. The van der Waals surface area contributed by atoms with Gasteiger partial charge in [0.05, 0.1) is 17.7 Å². The number of hydrogen-bond donors (Lipinski definition) is 0. The average molecular weight is 287 g/mol. The van der Waals surface area contributed by atoms with Crippen LogP contribution in [0.2, 0.25) is 5.02 Å². The second-order valence-corrected chi connectivity index (χ2v) is 4.97. The number of aromatic nitrogens is 2. The highest BCUT2D eigenvalue weighted by Crippen LogP contribution is 2.26. The first-order valence-electron chi connectivity index (χ1n) is 6.21. The third-order valence-electron chi connectivity index (χ3n) is 3.17. The van der Waals surface area contributed by atoms with Gasteiger partial charge in [0.1, 0.15) is 5.82 Å². The zero-order chi connectivity index (χ0) is 14.1. The summed E-state index contributed by atoms with van der Waals surface area (Å²) in [4.78, 5) is 4.35. The van der Waals surface area contributed by atoms with Crippen LogP contribution in [0, 0.1) is 12.7 Å². The topological polar surface area (TPSA) is 17.8 Å². The molecule has 100 valence electrons. The number of halogens is 2. The van der Waals surface area contributed by atoms with Gasteiger partial charge in [-0.05, 0) is 55.5 Å². The molecule has 0 atom stereocenters. The summed E-state index contributed by atoms with van der Waals surface area (Å²) in [6.45, 7) is 1.94. The molecule has 0 amide bonds. The Labute approximate surface area is 121 Å². The second kappa shape index (κ2) is 5.10. The molecule has 1 aromatic heterocycles. The molecule has 1 heterocycles. The van der Waals surface area contributed by atoms with Crippen LogP contribution >= 0.6 is 11.6 Å². The Hall–Kier alpha value is -2.13. The van der Waals surface area contributed by atoms with Crippen molar-refractivity contribution in [2.24, 2.45) is 0 Å². The van der Waals surface area contributed by atoms with E-state index < -0.39 is 0 Å². The fourth-order valence-electron chi connectivity index (χ4n) is 2.19. The van der Waals surface area contributed by atoms with E-state index in [4.69, 9.17) is 11.6 Å².